The van der Waals surface area contributed by atoms with E-state index >= 15 is 0 Å². The minimum atomic E-state index is -2.83. The Morgan fingerprint density at radius 1 is 0.561 bits per heavy atom. The van der Waals surface area contributed by atoms with Crippen LogP contribution < -0.4 is 14.8 Å². The van der Waals surface area contributed by atoms with Gasteiger partial charge in [0.2, 0.25) is 0 Å². The monoisotopic (exact) mass is 550 g/mol. The Hall–Kier alpha value is -4.67. The van der Waals surface area contributed by atoms with E-state index < -0.39 is 8.32 Å². The van der Waals surface area contributed by atoms with Crippen molar-refractivity contribution in [2.45, 2.75) is 25.8 Å². The lowest BCUT2D eigenvalue weighted by Crippen LogP contribution is -2.68. The molecule has 0 radical (unpaired) electrons. The number of aromatic amines is 1. The molecule has 0 aliphatic heterocycles. The number of aromatic nitrogens is 2. The summed E-state index contributed by atoms with van der Waals surface area (Å²) in [5.41, 5.74) is 5.02. The third-order valence-electron chi connectivity index (χ3n) is 7.64. The average molecular weight is 551 g/mol. The predicted molar refractivity (Wildman–Crippen MR) is 173 cm³/mol. The predicted octanol–water partition coefficient (Wildman–Crippen LogP) is 8.35. The summed E-state index contributed by atoms with van der Waals surface area (Å²) in [6.07, 6.45) is 0. The molecule has 1 N–H and O–H groups in total. The molecule has 1 aromatic heterocycles. The molecule has 6 rings (SSSR count). The highest BCUT2D eigenvalue weighted by Crippen LogP contribution is 2.41. The molecule has 0 fully saturated rings. The minimum Gasteiger partial charge on any atom is -0.533 e. The number of rotatable bonds is 7. The van der Waals surface area contributed by atoms with Gasteiger partial charge in [0.15, 0.2) is 0 Å². The highest BCUT2D eigenvalue weighted by atomic mass is 28.4. The zero-order chi connectivity index (χ0) is 28.3. The maximum Gasteiger partial charge on any atom is 0.319 e. The molecular weight excluding hydrogens is 517 g/mol. The van der Waals surface area contributed by atoms with Gasteiger partial charge < -0.3 is 9.41 Å². The maximum atomic E-state index is 7.46. The molecule has 1 heterocycles. The van der Waals surface area contributed by atoms with E-state index in [0.29, 0.717) is 0 Å². The molecule has 0 spiro atoms. The quantitative estimate of drug-likeness (QED) is 0.203. The molecule has 6 aromatic rings. The average Bonchev–Trinajstić information content (AvgIpc) is 3.47. The molecule has 0 atom stereocenters. The van der Waals surface area contributed by atoms with Crippen LogP contribution in [0.5, 0.6) is 5.75 Å². The van der Waals surface area contributed by atoms with Crippen LogP contribution in [0.4, 0.5) is 0 Å². The highest BCUT2D eigenvalue weighted by molar-refractivity contribution is 7.00. The van der Waals surface area contributed by atoms with E-state index in [1.54, 1.807) is 0 Å². The van der Waals surface area contributed by atoms with Crippen molar-refractivity contribution < 1.29 is 4.43 Å². The van der Waals surface area contributed by atoms with Crippen molar-refractivity contribution in [2.24, 2.45) is 0 Å². The number of para-hydroxylation sites is 1. The van der Waals surface area contributed by atoms with Gasteiger partial charge in [-0.1, -0.05) is 154 Å². The fraction of sp³-hybridized carbons (Fsp3) is 0.108. The van der Waals surface area contributed by atoms with Gasteiger partial charge in [-0.2, -0.15) is 0 Å². The minimum absolute atomic E-state index is 0.156. The summed E-state index contributed by atoms with van der Waals surface area (Å²) in [7, 11) is -2.83. The van der Waals surface area contributed by atoms with E-state index in [4.69, 9.17) is 9.41 Å². The topological polar surface area (TPSA) is 37.9 Å². The smallest absolute Gasteiger partial charge is 0.319 e. The molecule has 0 aliphatic carbocycles. The molecule has 202 valence electrons. The first-order chi connectivity index (χ1) is 20.0. The van der Waals surface area contributed by atoms with Crippen molar-refractivity contribution in [1.29, 1.82) is 0 Å². The second-order valence-corrected chi connectivity index (χ2v) is 15.5. The van der Waals surface area contributed by atoms with E-state index in [9.17, 15) is 0 Å². The Labute approximate surface area is 243 Å². The van der Waals surface area contributed by atoms with Crippen LogP contribution in [0.1, 0.15) is 20.8 Å². The maximum absolute atomic E-state index is 7.46. The molecule has 3 nitrogen and oxygen atoms in total. The van der Waals surface area contributed by atoms with E-state index in [-0.39, 0.29) is 5.04 Å². The van der Waals surface area contributed by atoms with Gasteiger partial charge in [-0.05, 0) is 27.5 Å². The van der Waals surface area contributed by atoms with Gasteiger partial charge in [0.1, 0.15) is 11.6 Å². The van der Waals surface area contributed by atoms with Crippen LogP contribution in [0.2, 0.25) is 5.04 Å². The van der Waals surface area contributed by atoms with Crippen LogP contribution in [0.25, 0.3) is 33.9 Å². The van der Waals surface area contributed by atoms with Crippen molar-refractivity contribution >= 4 is 18.7 Å². The van der Waals surface area contributed by atoms with Crippen LogP contribution in [-0.4, -0.2) is 18.3 Å². The molecule has 4 heteroatoms. The molecule has 0 amide bonds. The van der Waals surface area contributed by atoms with Gasteiger partial charge in [-0.15, -0.1) is 0 Å². The van der Waals surface area contributed by atoms with Crippen molar-refractivity contribution in [3.8, 4) is 39.7 Å². The first-order valence-corrected chi connectivity index (χ1v) is 16.0. The summed E-state index contributed by atoms with van der Waals surface area (Å²) in [4.78, 5) is 8.89. The molecule has 0 bridgehead atoms. The lowest BCUT2D eigenvalue weighted by molar-refractivity contribution is 0.509. The molecule has 5 aromatic carbocycles. The van der Waals surface area contributed by atoms with Gasteiger partial charge >= 0.3 is 8.32 Å². The van der Waals surface area contributed by atoms with Gasteiger partial charge in [-0.3, -0.25) is 0 Å². The molecular formula is C37H34N2OSi. The second kappa shape index (κ2) is 11.1. The van der Waals surface area contributed by atoms with Crippen molar-refractivity contribution in [2.75, 3.05) is 0 Å². The van der Waals surface area contributed by atoms with Crippen LogP contribution in [0.15, 0.2) is 146 Å². The number of nitrogens with one attached hydrogen (secondary N) is 1. The Morgan fingerprint density at radius 2 is 1.02 bits per heavy atom. The summed E-state index contributed by atoms with van der Waals surface area (Å²) >= 11 is 0. The van der Waals surface area contributed by atoms with Crippen LogP contribution in [0.3, 0.4) is 0 Å². The zero-order valence-electron chi connectivity index (χ0n) is 23.7. The Balaban J connectivity index is 1.55. The van der Waals surface area contributed by atoms with Gasteiger partial charge in [-0.25, -0.2) is 4.98 Å². The molecule has 0 saturated carbocycles. The lowest BCUT2D eigenvalue weighted by Gasteiger charge is -2.43. The van der Waals surface area contributed by atoms with Crippen molar-refractivity contribution in [3.63, 3.8) is 0 Å². The van der Waals surface area contributed by atoms with Crippen LogP contribution >= 0.6 is 0 Å². The summed E-state index contributed by atoms with van der Waals surface area (Å²) < 4.78 is 7.46. The van der Waals surface area contributed by atoms with E-state index in [2.05, 4.69) is 159 Å². The van der Waals surface area contributed by atoms with Gasteiger partial charge in [0.05, 0.1) is 17.0 Å². The third-order valence-corrected chi connectivity index (χ3v) is 12.6. The van der Waals surface area contributed by atoms with Gasteiger partial charge in [0.25, 0.3) is 0 Å². The first-order valence-electron chi connectivity index (χ1n) is 14.1. The number of hydrogen-bond donors (Lipinski definition) is 1. The summed E-state index contributed by atoms with van der Waals surface area (Å²) in [5, 5.41) is 2.32. The Bertz CT molecular complexity index is 1630. The van der Waals surface area contributed by atoms with Crippen molar-refractivity contribution in [1.82, 2.24) is 9.97 Å². The van der Waals surface area contributed by atoms with E-state index in [1.165, 1.54) is 10.4 Å². The number of benzene rings is 5. The number of H-pyrrole nitrogens is 1. The van der Waals surface area contributed by atoms with Crippen LogP contribution in [0, 0.1) is 0 Å². The van der Waals surface area contributed by atoms with E-state index in [0.717, 1.165) is 39.7 Å². The van der Waals surface area contributed by atoms with E-state index in [1.807, 2.05) is 12.1 Å². The number of hydrogen-bond acceptors (Lipinski definition) is 2. The van der Waals surface area contributed by atoms with Gasteiger partial charge in [0, 0.05) is 11.1 Å². The highest BCUT2D eigenvalue weighted by Gasteiger charge is 2.52. The normalized spacial score (nSPS) is 11.8. The summed E-state index contributed by atoms with van der Waals surface area (Å²) in [5.74, 6) is 1.62. The molecule has 0 saturated heterocycles. The first kappa shape index (κ1) is 26.5. The fourth-order valence-corrected chi connectivity index (χ4v) is 10.1. The standard InChI is InChI=1S/C37H34N2OSi/c1-37(2,3)41(30-22-12-6-13-23-30,31-24-14-7-15-25-31)40-33-27-17-16-26-32(33)36-38-34(28-18-8-4-9-19-28)35(39-36)29-20-10-5-11-21-29/h4-27H,1-3H3,(H,38,39). The summed E-state index contributed by atoms with van der Waals surface area (Å²) in [6.45, 7) is 6.90. The third kappa shape index (κ3) is 5.03. The fourth-order valence-electron chi connectivity index (χ4n) is 5.69. The Kier molecular flexibility index (Phi) is 7.17. The van der Waals surface area contributed by atoms with Crippen molar-refractivity contribution in [3.05, 3.63) is 146 Å². The Morgan fingerprint density at radius 3 is 1.56 bits per heavy atom. The largest absolute Gasteiger partial charge is 0.533 e. The summed E-state index contributed by atoms with van der Waals surface area (Å²) in [6, 6.07) is 50.6. The molecule has 0 unspecified atom stereocenters. The lowest BCUT2D eigenvalue weighted by atomic mass is 10.1. The SMILES string of the molecule is CC(C)(C)[Si](Oc1ccccc1-c1nc(-c2ccccc2)c(-c2ccccc2)[nH]1)(c1ccccc1)c1ccccc1. The number of imidazole rings is 1. The zero-order valence-corrected chi connectivity index (χ0v) is 24.7. The molecule has 41 heavy (non-hydrogen) atoms. The second-order valence-electron chi connectivity index (χ2n) is 11.3. The molecule has 0 aliphatic rings. The van der Waals surface area contributed by atoms with Crippen LogP contribution in [-0.2, 0) is 0 Å². The number of nitrogens with zero attached hydrogens (tertiary/aromatic N) is 1.